The number of aromatic nitrogens is 3. The van der Waals surface area contributed by atoms with E-state index in [1.165, 1.54) is 4.90 Å². The minimum atomic E-state index is -0.374. The number of ketones is 1. The fourth-order valence-corrected chi connectivity index (χ4v) is 4.07. The van der Waals surface area contributed by atoms with Crippen molar-refractivity contribution in [3.8, 4) is 17.0 Å². The first-order valence-electron chi connectivity index (χ1n) is 10.4. The Morgan fingerprint density at radius 2 is 2.00 bits per heavy atom. The van der Waals surface area contributed by atoms with Crippen LogP contribution in [0.3, 0.4) is 0 Å². The van der Waals surface area contributed by atoms with Crippen LogP contribution in [0.5, 0.6) is 5.75 Å². The average molecular weight is 420 g/mol. The van der Waals surface area contributed by atoms with E-state index in [0.29, 0.717) is 23.6 Å². The number of amides is 1. The number of hydrogen-bond donors (Lipinski definition) is 0. The Balaban J connectivity index is 1.55. The molecule has 0 saturated heterocycles. The number of carbonyl (C=O) groups excluding carboxylic acids is 2. The Labute approximate surface area is 179 Å². The first-order chi connectivity index (χ1) is 14.9. The van der Waals surface area contributed by atoms with E-state index in [0.717, 1.165) is 41.6 Å². The third-order valence-corrected chi connectivity index (χ3v) is 6.16. The number of nitrogens with zero attached hydrogens (tertiary/aromatic N) is 4. The summed E-state index contributed by atoms with van der Waals surface area (Å²) in [5, 5.41) is 4.82. The molecule has 160 valence electrons. The van der Waals surface area contributed by atoms with E-state index in [-0.39, 0.29) is 23.9 Å². The summed E-state index contributed by atoms with van der Waals surface area (Å²) < 4.78 is 12.8. The van der Waals surface area contributed by atoms with Crippen LogP contribution in [0, 0.1) is 0 Å². The van der Waals surface area contributed by atoms with Gasteiger partial charge in [0, 0.05) is 31.6 Å². The van der Waals surface area contributed by atoms with Gasteiger partial charge in [0.05, 0.1) is 18.2 Å². The second-order valence-electron chi connectivity index (χ2n) is 8.48. The SMILES string of the molecule is COc1ccc(-c2ccc3c(c2)CCC3=O)n2nc(C3(COC(=O)N(C)C)CC3)nc12. The maximum Gasteiger partial charge on any atom is 0.409 e. The number of methoxy groups -OCH3 is 1. The smallest absolute Gasteiger partial charge is 0.409 e. The molecule has 1 saturated carbocycles. The maximum absolute atomic E-state index is 12.0. The number of benzene rings is 1. The van der Waals surface area contributed by atoms with Crippen molar-refractivity contribution in [1.29, 1.82) is 0 Å². The van der Waals surface area contributed by atoms with E-state index in [4.69, 9.17) is 19.6 Å². The van der Waals surface area contributed by atoms with Gasteiger partial charge < -0.3 is 14.4 Å². The number of fused-ring (bicyclic) bond motifs is 2. The predicted molar refractivity (Wildman–Crippen MR) is 114 cm³/mol. The van der Waals surface area contributed by atoms with Crippen molar-refractivity contribution < 1.29 is 19.1 Å². The van der Waals surface area contributed by atoms with E-state index in [1.807, 2.05) is 24.3 Å². The summed E-state index contributed by atoms with van der Waals surface area (Å²) in [5.74, 6) is 1.48. The Kier molecular flexibility index (Phi) is 4.46. The third-order valence-electron chi connectivity index (χ3n) is 6.16. The van der Waals surface area contributed by atoms with Gasteiger partial charge in [0.25, 0.3) is 0 Å². The predicted octanol–water partition coefficient (Wildman–Crippen LogP) is 3.26. The molecule has 0 bridgehead atoms. The second kappa shape index (κ2) is 7.08. The summed E-state index contributed by atoms with van der Waals surface area (Å²) >= 11 is 0. The Morgan fingerprint density at radius 1 is 1.19 bits per heavy atom. The number of Topliss-reactive ketones (excluding diaryl/α,β-unsaturated/α-hetero) is 1. The van der Waals surface area contributed by atoms with Gasteiger partial charge in [0.2, 0.25) is 0 Å². The molecule has 8 heteroatoms. The quantitative estimate of drug-likeness (QED) is 0.630. The van der Waals surface area contributed by atoms with Crippen molar-refractivity contribution >= 4 is 17.5 Å². The van der Waals surface area contributed by atoms with Gasteiger partial charge in [0.15, 0.2) is 23.0 Å². The zero-order valence-corrected chi connectivity index (χ0v) is 17.8. The van der Waals surface area contributed by atoms with Gasteiger partial charge in [-0.05, 0) is 43.0 Å². The van der Waals surface area contributed by atoms with Gasteiger partial charge in [-0.3, -0.25) is 4.79 Å². The van der Waals surface area contributed by atoms with Crippen LogP contribution >= 0.6 is 0 Å². The lowest BCUT2D eigenvalue weighted by Crippen LogP contribution is -2.27. The largest absolute Gasteiger partial charge is 0.493 e. The molecule has 2 aliphatic carbocycles. The van der Waals surface area contributed by atoms with E-state index in [2.05, 4.69) is 6.07 Å². The third kappa shape index (κ3) is 3.22. The lowest BCUT2D eigenvalue weighted by Gasteiger charge is -2.15. The van der Waals surface area contributed by atoms with Crippen LogP contribution in [0.25, 0.3) is 16.9 Å². The Morgan fingerprint density at radius 3 is 2.71 bits per heavy atom. The maximum atomic E-state index is 12.0. The zero-order valence-electron chi connectivity index (χ0n) is 17.8. The number of hydrogen-bond acceptors (Lipinski definition) is 6. The standard InChI is InChI=1S/C23H24N4O4/c1-26(2)22(29)31-13-23(10-11-23)21-24-20-19(30-3)9-7-17(27(20)25-21)15-4-6-16-14(12-15)5-8-18(16)28/h4,6-7,9,12H,5,8,10-11,13H2,1-3H3. The fourth-order valence-electron chi connectivity index (χ4n) is 4.07. The topological polar surface area (TPSA) is 86.0 Å². The van der Waals surface area contributed by atoms with Crippen LogP contribution < -0.4 is 4.74 Å². The molecule has 31 heavy (non-hydrogen) atoms. The number of rotatable bonds is 5. The molecule has 0 aliphatic heterocycles. The van der Waals surface area contributed by atoms with Gasteiger partial charge in [0.1, 0.15) is 6.61 Å². The van der Waals surface area contributed by atoms with E-state index in [1.54, 1.807) is 25.7 Å². The van der Waals surface area contributed by atoms with E-state index in [9.17, 15) is 9.59 Å². The summed E-state index contributed by atoms with van der Waals surface area (Å²) in [4.78, 5) is 30.1. The minimum Gasteiger partial charge on any atom is -0.493 e. The van der Waals surface area contributed by atoms with Crippen LogP contribution in [0.15, 0.2) is 30.3 Å². The lowest BCUT2D eigenvalue weighted by atomic mass is 10.0. The molecule has 0 N–H and O–H groups in total. The number of pyridine rings is 1. The zero-order chi connectivity index (χ0) is 21.8. The number of aryl methyl sites for hydroxylation is 1. The highest BCUT2D eigenvalue weighted by atomic mass is 16.6. The summed E-state index contributed by atoms with van der Waals surface area (Å²) in [6, 6.07) is 9.75. The highest BCUT2D eigenvalue weighted by Gasteiger charge is 2.49. The molecule has 1 fully saturated rings. The highest BCUT2D eigenvalue weighted by Crippen LogP contribution is 2.47. The molecule has 0 radical (unpaired) electrons. The van der Waals surface area contributed by atoms with Crippen LogP contribution in [0.1, 0.15) is 41.0 Å². The fraction of sp³-hybridized carbons (Fsp3) is 0.391. The van der Waals surface area contributed by atoms with Crippen LogP contribution in [0.4, 0.5) is 4.79 Å². The van der Waals surface area contributed by atoms with Crippen molar-refractivity contribution in [1.82, 2.24) is 19.5 Å². The molecule has 5 rings (SSSR count). The molecule has 2 aliphatic rings. The van der Waals surface area contributed by atoms with Gasteiger partial charge in [-0.25, -0.2) is 14.3 Å². The number of ether oxygens (including phenoxy) is 2. The molecule has 8 nitrogen and oxygen atoms in total. The van der Waals surface area contributed by atoms with Crippen molar-refractivity contribution in [2.24, 2.45) is 0 Å². The van der Waals surface area contributed by atoms with Gasteiger partial charge in [-0.15, -0.1) is 5.10 Å². The molecule has 3 aromatic rings. The van der Waals surface area contributed by atoms with Gasteiger partial charge >= 0.3 is 6.09 Å². The molecule has 2 heterocycles. The molecular weight excluding hydrogens is 396 g/mol. The molecule has 0 atom stereocenters. The average Bonchev–Trinajstić information content (AvgIpc) is 3.27. The molecule has 1 aromatic carbocycles. The highest BCUT2D eigenvalue weighted by molar-refractivity contribution is 6.00. The first-order valence-corrected chi connectivity index (χ1v) is 10.4. The normalized spacial score (nSPS) is 16.3. The monoisotopic (exact) mass is 420 g/mol. The van der Waals surface area contributed by atoms with Gasteiger partial charge in [-0.2, -0.15) is 0 Å². The van der Waals surface area contributed by atoms with Crippen LogP contribution in [-0.2, 0) is 16.6 Å². The molecule has 1 amide bonds. The van der Waals surface area contributed by atoms with Crippen molar-refractivity contribution in [2.75, 3.05) is 27.8 Å². The Hall–Kier alpha value is -3.42. The number of carbonyl (C=O) groups is 2. The van der Waals surface area contributed by atoms with Gasteiger partial charge in [-0.1, -0.05) is 12.1 Å². The summed E-state index contributed by atoms with van der Waals surface area (Å²) in [6.07, 6.45) is 2.69. The van der Waals surface area contributed by atoms with E-state index < -0.39 is 0 Å². The molecule has 2 aromatic heterocycles. The minimum absolute atomic E-state index is 0.201. The molecular formula is C23H24N4O4. The van der Waals surface area contributed by atoms with Crippen LogP contribution in [-0.4, -0.2) is 59.2 Å². The first kappa shape index (κ1) is 19.5. The molecule has 0 spiro atoms. The van der Waals surface area contributed by atoms with Crippen LogP contribution in [0.2, 0.25) is 0 Å². The summed E-state index contributed by atoms with van der Waals surface area (Å²) in [7, 11) is 4.93. The summed E-state index contributed by atoms with van der Waals surface area (Å²) in [6.45, 7) is 0.250. The summed E-state index contributed by atoms with van der Waals surface area (Å²) in [5.41, 5.74) is 3.99. The van der Waals surface area contributed by atoms with Crippen molar-refractivity contribution in [3.63, 3.8) is 0 Å². The second-order valence-corrected chi connectivity index (χ2v) is 8.48. The Bertz CT molecular complexity index is 1210. The molecule has 0 unspecified atom stereocenters. The van der Waals surface area contributed by atoms with Crippen molar-refractivity contribution in [3.05, 3.63) is 47.3 Å². The van der Waals surface area contributed by atoms with Crippen molar-refractivity contribution in [2.45, 2.75) is 31.1 Å². The lowest BCUT2D eigenvalue weighted by molar-refractivity contribution is 0.0994. The van der Waals surface area contributed by atoms with E-state index >= 15 is 0 Å².